The van der Waals surface area contributed by atoms with Gasteiger partial charge in [0.25, 0.3) is 5.91 Å². The zero-order valence-corrected chi connectivity index (χ0v) is 17.3. The predicted molar refractivity (Wildman–Crippen MR) is 116 cm³/mol. The second kappa shape index (κ2) is 8.22. The summed E-state index contributed by atoms with van der Waals surface area (Å²) in [7, 11) is 1.61. The summed E-state index contributed by atoms with van der Waals surface area (Å²) < 4.78 is 20.9. The highest BCUT2D eigenvalue weighted by molar-refractivity contribution is 5.94. The highest BCUT2D eigenvalue weighted by atomic mass is 19.1. The summed E-state index contributed by atoms with van der Waals surface area (Å²) >= 11 is 0. The maximum Gasteiger partial charge on any atom is 0.256 e. The lowest BCUT2D eigenvalue weighted by Crippen LogP contribution is -2.49. The van der Waals surface area contributed by atoms with Crippen LogP contribution in [0.4, 0.5) is 10.2 Å². The van der Waals surface area contributed by atoms with Crippen LogP contribution in [0, 0.1) is 5.82 Å². The Hall–Kier alpha value is -4.08. The molecule has 0 spiro atoms. The lowest BCUT2D eigenvalue weighted by atomic mass is 10.1. The molecule has 1 fully saturated rings. The van der Waals surface area contributed by atoms with Crippen LogP contribution < -0.4 is 9.64 Å². The molecule has 1 saturated heterocycles. The maximum absolute atomic E-state index is 14.0. The molecule has 5 rings (SSSR count). The van der Waals surface area contributed by atoms with Gasteiger partial charge < -0.3 is 14.5 Å². The van der Waals surface area contributed by atoms with E-state index < -0.39 is 5.82 Å². The van der Waals surface area contributed by atoms with Gasteiger partial charge in [-0.2, -0.15) is 4.68 Å². The molecule has 0 radical (unpaired) electrons. The molecule has 3 heterocycles. The van der Waals surface area contributed by atoms with Crippen molar-refractivity contribution in [3.05, 3.63) is 66.2 Å². The zero-order chi connectivity index (χ0) is 22.1. The van der Waals surface area contributed by atoms with Gasteiger partial charge in [0.1, 0.15) is 17.9 Å². The number of piperazine rings is 1. The average molecular weight is 433 g/mol. The highest BCUT2D eigenvalue weighted by Crippen LogP contribution is 2.25. The SMILES string of the molecule is COc1ccc(-n2nnc3c(N4CCN(C(=O)c5ccccc5F)CC4)ncnc32)cc1. The van der Waals surface area contributed by atoms with Crippen LogP contribution in [0.3, 0.4) is 0 Å². The molecule has 1 aliphatic heterocycles. The second-order valence-electron chi connectivity index (χ2n) is 7.33. The van der Waals surface area contributed by atoms with Crippen LogP contribution in [0.15, 0.2) is 54.9 Å². The average Bonchev–Trinajstić information content (AvgIpc) is 3.28. The largest absolute Gasteiger partial charge is 0.497 e. The number of carbonyl (C=O) groups excluding carboxylic acids is 1. The van der Waals surface area contributed by atoms with Crippen LogP contribution in [0.5, 0.6) is 5.75 Å². The van der Waals surface area contributed by atoms with E-state index in [2.05, 4.69) is 20.3 Å². The van der Waals surface area contributed by atoms with Crippen molar-refractivity contribution in [3.63, 3.8) is 0 Å². The molecule has 0 aliphatic carbocycles. The van der Waals surface area contributed by atoms with Gasteiger partial charge in [-0.3, -0.25) is 4.79 Å². The van der Waals surface area contributed by atoms with Crippen LogP contribution in [0.2, 0.25) is 0 Å². The number of amides is 1. The van der Waals surface area contributed by atoms with E-state index in [1.807, 2.05) is 29.2 Å². The third-order valence-electron chi connectivity index (χ3n) is 5.51. The molecular weight excluding hydrogens is 413 g/mol. The Morgan fingerprint density at radius 3 is 2.47 bits per heavy atom. The van der Waals surface area contributed by atoms with Crippen molar-refractivity contribution >= 4 is 22.9 Å². The van der Waals surface area contributed by atoms with Gasteiger partial charge in [-0.1, -0.05) is 17.3 Å². The Morgan fingerprint density at radius 1 is 1.00 bits per heavy atom. The molecule has 32 heavy (non-hydrogen) atoms. The Balaban J connectivity index is 1.36. The Morgan fingerprint density at radius 2 is 1.75 bits per heavy atom. The van der Waals surface area contributed by atoms with Crippen LogP contribution in [-0.4, -0.2) is 69.1 Å². The summed E-state index contributed by atoms with van der Waals surface area (Å²) in [5.41, 5.74) is 2.06. The fourth-order valence-corrected chi connectivity index (χ4v) is 3.79. The van der Waals surface area contributed by atoms with E-state index in [1.54, 1.807) is 28.8 Å². The summed E-state index contributed by atoms with van der Waals surface area (Å²) in [5.74, 6) is 0.595. The topological polar surface area (TPSA) is 89.3 Å². The number of rotatable bonds is 4. The number of benzene rings is 2. The fraction of sp³-hybridized carbons (Fsp3) is 0.227. The van der Waals surface area contributed by atoms with E-state index >= 15 is 0 Å². The van der Waals surface area contributed by atoms with Crippen LogP contribution in [0.25, 0.3) is 16.9 Å². The second-order valence-corrected chi connectivity index (χ2v) is 7.33. The third kappa shape index (κ3) is 3.49. The standard InChI is InChI=1S/C22H20FN7O2/c1-32-16-8-6-15(7-9-16)30-21-19(26-27-30)20(24-14-25-21)28-10-12-29(13-11-28)22(31)17-4-2-3-5-18(17)23/h2-9,14H,10-13H2,1H3. The van der Waals surface area contributed by atoms with Crippen molar-refractivity contribution in [1.82, 2.24) is 29.9 Å². The molecule has 10 heteroatoms. The van der Waals surface area contributed by atoms with Gasteiger partial charge in [-0.15, -0.1) is 5.10 Å². The minimum absolute atomic E-state index is 0.0906. The van der Waals surface area contributed by atoms with Crippen molar-refractivity contribution < 1.29 is 13.9 Å². The summed E-state index contributed by atoms with van der Waals surface area (Å²) in [5, 5.41) is 8.57. The molecular formula is C22H20FN7O2. The van der Waals surface area contributed by atoms with E-state index in [1.165, 1.54) is 18.5 Å². The summed E-state index contributed by atoms with van der Waals surface area (Å²) in [6, 6.07) is 13.5. The molecule has 2 aromatic heterocycles. The number of halogens is 1. The van der Waals surface area contributed by atoms with E-state index in [0.29, 0.717) is 43.2 Å². The van der Waals surface area contributed by atoms with E-state index in [9.17, 15) is 9.18 Å². The molecule has 2 aromatic carbocycles. The molecule has 1 aliphatic rings. The van der Waals surface area contributed by atoms with Gasteiger partial charge in [0.05, 0.1) is 18.4 Å². The van der Waals surface area contributed by atoms with Crippen molar-refractivity contribution in [2.24, 2.45) is 0 Å². The molecule has 9 nitrogen and oxygen atoms in total. The van der Waals surface area contributed by atoms with Gasteiger partial charge >= 0.3 is 0 Å². The number of hydrogen-bond acceptors (Lipinski definition) is 7. The monoisotopic (exact) mass is 433 g/mol. The van der Waals surface area contributed by atoms with E-state index in [-0.39, 0.29) is 11.5 Å². The molecule has 0 saturated carbocycles. The lowest BCUT2D eigenvalue weighted by Gasteiger charge is -2.35. The number of aromatic nitrogens is 5. The number of nitrogens with zero attached hydrogens (tertiary/aromatic N) is 7. The number of ether oxygens (including phenoxy) is 1. The molecule has 0 N–H and O–H groups in total. The number of carbonyl (C=O) groups is 1. The summed E-state index contributed by atoms with van der Waals surface area (Å²) in [4.78, 5) is 25.2. The Kier molecular flexibility index (Phi) is 5.10. The van der Waals surface area contributed by atoms with Gasteiger partial charge in [-0.25, -0.2) is 14.4 Å². The molecule has 0 bridgehead atoms. The first-order valence-electron chi connectivity index (χ1n) is 10.2. The lowest BCUT2D eigenvalue weighted by molar-refractivity contribution is 0.0742. The van der Waals surface area contributed by atoms with Gasteiger partial charge in [-0.05, 0) is 36.4 Å². The van der Waals surface area contributed by atoms with Crippen molar-refractivity contribution in [1.29, 1.82) is 0 Å². The molecule has 0 unspecified atom stereocenters. The summed E-state index contributed by atoms with van der Waals surface area (Å²) in [6.07, 6.45) is 1.48. The minimum atomic E-state index is -0.507. The minimum Gasteiger partial charge on any atom is -0.497 e. The van der Waals surface area contributed by atoms with Crippen molar-refractivity contribution in [2.45, 2.75) is 0 Å². The van der Waals surface area contributed by atoms with Gasteiger partial charge in [0.2, 0.25) is 0 Å². The van der Waals surface area contributed by atoms with Crippen molar-refractivity contribution in [2.75, 3.05) is 38.2 Å². The number of fused-ring (bicyclic) bond motifs is 1. The molecule has 0 atom stereocenters. The summed E-state index contributed by atoms with van der Waals surface area (Å²) in [6.45, 7) is 1.99. The molecule has 162 valence electrons. The highest BCUT2D eigenvalue weighted by Gasteiger charge is 2.26. The number of methoxy groups -OCH3 is 1. The smallest absolute Gasteiger partial charge is 0.256 e. The first-order chi connectivity index (χ1) is 15.7. The van der Waals surface area contributed by atoms with Crippen LogP contribution >= 0.6 is 0 Å². The zero-order valence-electron chi connectivity index (χ0n) is 17.3. The fourth-order valence-electron chi connectivity index (χ4n) is 3.79. The number of hydrogen-bond donors (Lipinski definition) is 0. The third-order valence-corrected chi connectivity index (χ3v) is 5.51. The normalized spacial score (nSPS) is 14.1. The van der Waals surface area contributed by atoms with Crippen LogP contribution in [0.1, 0.15) is 10.4 Å². The quantitative estimate of drug-likeness (QED) is 0.488. The Labute approximate surface area is 183 Å². The van der Waals surface area contributed by atoms with E-state index in [0.717, 1.165) is 11.4 Å². The predicted octanol–water partition coefficient (Wildman–Crippen LogP) is 2.32. The van der Waals surface area contributed by atoms with Gasteiger partial charge in [0, 0.05) is 26.2 Å². The first-order valence-corrected chi connectivity index (χ1v) is 10.2. The maximum atomic E-state index is 14.0. The first kappa shape index (κ1) is 19.9. The molecule has 4 aromatic rings. The molecule has 1 amide bonds. The number of anilines is 1. The van der Waals surface area contributed by atoms with Crippen LogP contribution in [-0.2, 0) is 0 Å². The van der Waals surface area contributed by atoms with Gasteiger partial charge in [0.15, 0.2) is 17.0 Å². The van der Waals surface area contributed by atoms with Crippen molar-refractivity contribution in [3.8, 4) is 11.4 Å². The Bertz CT molecular complexity index is 1270. The van der Waals surface area contributed by atoms with E-state index in [4.69, 9.17) is 4.74 Å².